The van der Waals surface area contributed by atoms with E-state index in [1.807, 2.05) is 38.1 Å². The predicted molar refractivity (Wildman–Crippen MR) is 120 cm³/mol. The minimum atomic E-state index is -3.99. The fourth-order valence-electron chi connectivity index (χ4n) is 3.95. The third-order valence-corrected chi connectivity index (χ3v) is 7.17. The first-order valence-electron chi connectivity index (χ1n) is 10.4. The molecule has 1 aliphatic rings. The third kappa shape index (κ3) is 5.14. The van der Waals surface area contributed by atoms with Crippen LogP contribution in [0.5, 0.6) is 0 Å². The summed E-state index contributed by atoms with van der Waals surface area (Å²) in [5.41, 5.74) is 2.88. The van der Waals surface area contributed by atoms with E-state index in [-0.39, 0.29) is 41.4 Å². The maximum Gasteiger partial charge on any atom is 0.245 e. The van der Waals surface area contributed by atoms with E-state index in [0.717, 1.165) is 16.7 Å². The van der Waals surface area contributed by atoms with Crippen molar-refractivity contribution >= 4 is 27.5 Å². The second-order valence-electron chi connectivity index (χ2n) is 8.19. The number of hydrogen-bond acceptors (Lipinski definition) is 4. The number of benzene rings is 2. The Bertz CT molecular complexity index is 1100. The van der Waals surface area contributed by atoms with Gasteiger partial charge in [0.2, 0.25) is 21.8 Å². The van der Waals surface area contributed by atoms with E-state index >= 15 is 0 Å². The summed E-state index contributed by atoms with van der Waals surface area (Å²) < 4.78 is 29.0. The molecule has 8 heteroatoms. The van der Waals surface area contributed by atoms with Crippen LogP contribution >= 0.6 is 0 Å². The van der Waals surface area contributed by atoms with E-state index in [9.17, 15) is 18.0 Å². The number of rotatable bonds is 6. The molecular formula is C23H29N3O4S. The summed E-state index contributed by atoms with van der Waals surface area (Å²) in [6, 6.07) is 11.9. The lowest BCUT2D eigenvalue weighted by Gasteiger charge is -2.36. The maximum absolute atomic E-state index is 13.8. The average Bonchev–Trinajstić information content (AvgIpc) is 2.68. The minimum absolute atomic E-state index is 0.0235. The number of carbonyl (C=O) groups is 2. The summed E-state index contributed by atoms with van der Waals surface area (Å²) >= 11 is 0. The Kier molecular flexibility index (Phi) is 6.81. The third-order valence-electron chi connectivity index (χ3n) is 5.23. The van der Waals surface area contributed by atoms with Gasteiger partial charge in [-0.25, -0.2) is 8.42 Å². The molecule has 0 aliphatic carbocycles. The van der Waals surface area contributed by atoms with Gasteiger partial charge in [0.1, 0.15) is 4.90 Å². The zero-order valence-electron chi connectivity index (χ0n) is 18.3. The topological polar surface area (TPSA) is 95.6 Å². The van der Waals surface area contributed by atoms with Gasteiger partial charge in [0.05, 0.1) is 11.7 Å². The molecule has 0 spiro atoms. The summed E-state index contributed by atoms with van der Waals surface area (Å²) in [5.74, 6) is -0.555. The fraction of sp³-hybridized carbons (Fsp3) is 0.391. The molecule has 31 heavy (non-hydrogen) atoms. The highest BCUT2D eigenvalue weighted by molar-refractivity contribution is 7.89. The van der Waals surface area contributed by atoms with Crippen LogP contribution in [-0.4, -0.2) is 37.1 Å². The number of sulfonamides is 1. The molecule has 0 saturated carbocycles. The first kappa shape index (κ1) is 23.0. The lowest BCUT2D eigenvalue weighted by Crippen LogP contribution is -2.43. The van der Waals surface area contributed by atoms with Crippen LogP contribution in [-0.2, 0) is 26.0 Å². The maximum atomic E-state index is 13.8. The Balaban J connectivity index is 2.08. The molecule has 1 heterocycles. The zero-order valence-corrected chi connectivity index (χ0v) is 19.1. The number of carbonyl (C=O) groups excluding carboxylic acids is 2. The SMILES string of the molecule is CC(=O)Nc1ccc(C)cc1S(=O)(=O)N1CCc2ccccc2[C@H]1CC(=O)NC(C)C. The van der Waals surface area contributed by atoms with Gasteiger partial charge in [-0.3, -0.25) is 9.59 Å². The van der Waals surface area contributed by atoms with Crippen LogP contribution in [0.3, 0.4) is 0 Å². The van der Waals surface area contributed by atoms with Gasteiger partial charge in [-0.15, -0.1) is 0 Å². The Labute approximate surface area is 183 Å². The van der Waals surface area contributed by atoms with Crippen molar-refractivity contribution < 1.29 is 18.0 Å². The monoisotopic (exact) mass is 443 g/mol. The van der Waals surface area contributed by atoms with Gasteiger partial charge in [0, 0.05) is 25.9 Å². The van der Waals surface area contributed by atoms with Gasteiger partial charge >= 0.3 is 0 Å². The molecule has 1 aliphatic heterocycles. The molecule has 2 aromatic carbocycles. The van der Waals surface area contributed by atoms with Crippen LogP contribution in [0, 0.1) is 6.92 Å². The standard InChI is InChI=1S/C23H29N3O4S/c1-15(2)24-23(28)14-21-19-8-6-5-7-18(19)11-12-26(21)31(29,30)22-13-16(3)9-10-20(22)25-17(4)27/h5-10,13,15,21H,11-12,14H2,1-4H3,(H,24,28)(H,25,27)/t21-/m1/s1. The van der Waals surface area contributed by atoms with E-state index in [1.165, 1.54) is 11.2 Å². The van der Waals surface area contributed by atoms with Gasteiger partial charge in [0.25, 0.3) is 0 Å². The normalized spacial score (nSPS) is 16.6. The number of nitrogens with one attached hydrogen (secondary N) is 2. The number of hydrogen-bond donors (Lipinski definition) is 2. The van der Waals surface area contributed by atoms with Gasteiger partial charge in [-0.05, 0) is 56.0 Å². The lowest BCUT2D eigenvalue weighted by molar-refractivity contribution is -0.122. The largest absolute Gasteiger partial charge is 0.354 e. The fourth-order valence-corrected chi connectivity index (χ4v) is 5.79. The van der Waals surface area contributed by atoms with Crippen molar-refractivity contribution in [2.24, 2.45) is 0 Å². The molecule has 0 radical (unpaired) electrons. The van der Waals surface area contributed by atoms with E-state index in [4.69, 9.17) is 0 Å². The second-order valence-corrected chi connectivity index (χ2v) is 10.0. The van der Waals surface area contributed by atoms with Crippen molar-refractivity contribution in [2.75, 3.05) is 11.9 Å². The minimum Gasteiger partial charge on any atom is -0.354 e. The quantitative estimate of drug-likeness (QED) is 0.717. The van der Waals surface area contributed by atoms with E-state index in [0.29, 0.717) is 6.42 Å². The van der Waals surface area contributed by atoms with Crippen molar-refractivity contribution in [2.45, 2.75) is 57.5 Å². The highest BCUT2D eigenvalue weighted by Crippen LogP contribution is 2.38. The van der Waals surface area contributed by atoms with Crippen LogP contribution in [0.1, 0.15) is 49.9 Å². The van der Waals surface area contributed by atoms with Crippen LogP contribution in [0.15, 0.2) is 47.4 Å². The van der Waals surface area contributed by atoms with Crippen LogP contribution < -0.4 is 10.6 Å². The molecule has 166 valence electrons. The Morgan fingerprint density at radius 2 is 1.87 bits per heavy atom. The summed E-state index contributed by atoms with van der Waals surface area (Å²) in [7, 11) is -3.99. The summed E-state index contributed by atoms with van der Waals surface area (Å²) in [4.78, 5) is 24.3. The molecule has 0 bridgehead atoms. The van der Waals surface area contributed by atoms with Crippen molar-refractivity contribution in [3.8, 4) is 0 Å². The highest BCUT2D eigenvalue weighted by Gasteiger charge is 2.38. The lowest BCUT2D eigenvalue weighted by atomic mass is 9.92. The summed E-state index contributed by atoms with van der Waals surface area (Å²) in [6.07, 6.45) is 0.578. The molecule has 2 N–H and O–H groups in total. The van der Waals surface area contributed by atoms with Gasteiger partial charge in [0.15, 0.2) is 0 Å². The van der Waals surface area contributed by atoms with Crippen molar-refractivity contribution in [1.29, 1.82) is 0 Å². The second kappa shape index (κ2) is 9.20. The molecule has 0 fully saturated rings. The number of nitrogens with zero attached hydrogens (tertiary/aromatic N) is 1. The van der Waals surface area contributed by atoms with Crippen LogP contribution in [0.2, 0.25) is 0 Å². The molecule has 1 atom stereocenters. The zero-order chi connectivity index (χ0) is 22.8. The van der Waals surface area contributed by atoms with Gasteiger partial charge in [-0.2, -0.15) is 4.31 Å². The van der Waals surface area contributed by atoms with Crippen LogP contribution in [0.4, 0.5) is 5.69 Å². The molecule has 2 aromatic rings. The van der Waals surface area contributed by atoms with Crippen molar-refractivity contribution in [3.63, 3.8) is 0 Å². The van der Waals surface area contributed by atoms with Crippen molar-refractivity contribution in [3.05, 3.63) is 59.2 Å². The smallest absolute Gasteiger partial charge is 0.245 e. The molecule has 2 amide bonds. The first-order valence-corrected chi connectivity index (χ1v) is 11.8. The van der Waals surface area contributed by atoms with E-state index < -0.39 is 16.1 Å². The summed E-state index contributed by atoms with van der Waals surface area (Å²) in [6.45, 7) is 7.13. The molecule has 0 saturated heterocycles. The van der Waals surface area contributed by atoms with E-state index in [2.05, 4.69) is 10.6 Å². The molecule has 0 aromatic heterocycles. The van der Waals surface area contributed by atoms with Gasteiger partial charge in [-0.1, -0.05) is 30.3 Å². The Morgan fingerprint density at radius 3 is 2.55 bits per heavy atom. The van der Waals surface area contributed by atoms with Crippen LogP contribution in [0.25, 0.3) is 0 Å². The molecule has 3 rings (SSSR count). The first-order chi connectivity index (χ1) is 14.6. The Morgan fingerprint density at radius 1 is 1.16 bits per heavy atom. The highest BCUT2D eigenvalue weighted by atomic mass is 32.2. The number of anilines is 1. The number of fused-ring (bicyclic) bond motifs is 1. The summed E-state index contributed by atoms with van der Waals surface area (Å²) in [5, 5.41) is 5.48. The Hall–Kier alpha value is -2.71. The van der Waals surface area contributed by atoms with Gasteiger partial charge < -0.3 is 10.6 Å². The number of aryl methyl sites for hydroxylation is 1. The number of amides is 2. The van der Waals surface area contributed by atoms with E-state index in [1.54, 1.807) is 25.1 Å². The molecular weight excluding hydrogens is 414 g/mol. The average molecular weight is 444 g/mol. The molecule has 7 nitrogen and oxygen atoms in total. The predicted octanol–water partition coefficient (Wildman–Crippen LogP) is 3.16. The molecule has 0 unspecified atom stereocenters. The van der Waals surface area contributed by atoms with Crippen molar-refractivity contribution in [1.82, 2.24) is 9.62 Å².